The van der Waals surface area contributed by atoms with Crippen molar-refractivity contribution in [2.75, 3.05) is 0 Å². The van der Waals surface area contributed by atoms with E-state index in [1.54, 1.807) is 6.07 Å². The van der Waals surface area contributed by atoms with Crippen molar-refractivity contribution in [3.63, 3.8) is 0 Å². The Hall–Kier alpha value is -3.91. The number of hydrogen-bond donors (Lipinski definition) is 0. The van der Waals surface area contributed by atoms with Crippen molar-refractivity contribution in [1.29, 1.82) is 0 Å². The fourth-order valence-electron chi connectivity index (χ4n) is 5.95. The summed E-state index contributed by atoms with van der Waals surface area (Å²) in [5, 5.41) is 3.21. The Morgan fingerprint density at radius 3 is 2.62 bits per heavy atom. The Balaban J connectivity index is 1.71. The second-order valence-corrected chi connectivity index (χ2v) is 11.6. The molecular weight excluding hydrogens is 533 g/mol. The van der Waals surface area contributed by atoms with Crippen molar-refractivity contribution < 1.29 is 18.7 Å². The summed E-state index contributed by atoms with van der Waals surface area (Å²) in [6.07, 6.45) is 8.00. The summed E-state index contributed by atoms with van der Waals surface area (Å²) >= 11 is 0. The number of azide groups is 1. The number of aryl methyl sites for hydroxylation is 1. The van der Waals surface area contributed by atoms with Crippen LogP contribution in [0.2, 0.25) is 0 Å². The Morgan fingerprint density at radius 1 is 1.17 bits per heavy atom. The molecule has 1 aliphatic carbocycles. The van der Waals surface area contributed by atoms with E-state index >= 15 is 0 Å². The molecule has 1 aromatic carbocycles. The molecule has 2 atom stereocenters. The first-order chi connectivity index (χ1) is 20.1. The molecule has 2 aliphatic rings. The monoisotopic (exact) mass is 569 g/mol. The third kappa shape index (κ3) is 6.14. The molecule has 0 spiro atoms. The molecule has 42 heavy (non-hydrogen) atoms. The molecule has 3 heterocycles. The van der Waals surface area contributed by atoms with Crippen LogP contribution in [-0.2, 0) is 22.3 Å². The largest absolute Gasteiger partial charge is 0.347 e. The van der Waals surface area contributed by atoms with E-state index in [0.29, 0.717) is 6.42 Å². The van der Waals surface area contributed by atoms with Gasteiger partial charge in [-0.1, -0.05) is 45.1 Å². The molecule has 8 nitrogen and oxygen atoms in total. The summed E-state index contributed by atoms with van der Waals surface area (Å²) in [5.74, 6) is -1.61. The summed E-state index contributed by atoms with van der Waals surface area (Å²) in [7, 11) is 0. The van der Waals surface area contributed by atoms with Crippen LogP contribution in [0.1, 0.15) is 92.8 Å². The van der Waals surface area contributed by atoms with Gasteiger partial charge in [0.25, 0.3) is 5.91 Å². The lowest BCUT2D eigenvalue weighted by Crippen LogP contribution is -2.43. The number of carbonyl (C=O) groups is 1. The van der Waals surface area contributed by atoms with Gasteiger partial charge in [0.2, 0.25) is 0 Å². The summed E-state index contributed by atoms with van der Waals surface area (Å²) in [5.41, 5.74) is 16.1. The molecule has 1 aliphatic heterocycles. The maximum Gasteiger partial charge on any atom is 0.267 e. The first-order valence-corrected chi connectivity index (χ1v) is 14.6. The predicted molar refractivity (Wildman–Crippen MR) is 160 cm³/mol. The summed E-state index contributed by atoms with van der Waals surface area (Å²) in [4.78, 5) is 24.7. The quantitative estimate of drug-likeness (QED) is 0.168. The maximum absolute atomic E-state index is 14.1. The van der Waals surface area contributed by atoms with Crippen molar-refractivity contribution >= 4 is 12.0 Å². The Morgan fingerprint density at radius 2 is 1.93 bits per heavy atom. The van der Waals surface area contributed by atoms with Gasteiger partial charge in [-0.25, -0.2) is 9.37 Å². The van der Waals surface area contributed by atoms with Crippen LogP contribution in [0.25, 0.3) is 38.9 Å². The van der Waals surface area contributed by atoms with Gasteiger partial charge in [-0.3, -0.25) is 9.78 Å². The van der Waals surface area contributed by atoms with Crippen LogP contribution >= 0.6 is 0 Å². The van der Waals surface area contributed by atoms with Crippen molar-refractivity contribution in [1.82, 2.24) is 9.97 Å². The zero-order valence-corrected chi connectivity index (χ0v) is 24.7. The van der Waals surface area contributed by atoms with E-state index in [0.717, 1.165) is 70.6 Å². The van der Waals surface area contributed by atoms with E-state index in [9.17, 15) is 9.18 Å². The number of aromatic nitrogens is 2. The second kappa shape index (κ2) is 12.1. The van der Waals surface area contributed by atoms with E-state index in [4.69, 9.17) is 20.0 Å². The third-order valence-electron chi connectivity index (χ3n) is 7.78. The van der Waals surface area contributed by atoms with Gasteiger partial charge in [0.05, 0.1) is 29.3 Å². The zero-order chi connectivity index (χ0) is 30.0. The highest BCUT2D eigenvalue weighted by molar-refractivity contribution is 5.94. The first-order valence-electron chi connectivity index (χ1n) is 14.6. The SMILES string of the molecule is CC[C@H]1C[C@@H](/C=C/c2c(C(C)C)nc3c(c2-c2ccc(F)cc2)CCCc2nc(C(=O)N=[N+]=[N-])ccc2-3)OC(C)(C)O1. The van der Waals surface area contributed by atoms with Crippen molar-refractivity contribution in [3.05, 3.63) is 86.9 Å². The standard InChI is InChI=1S/C33H36FN5O3/c1-6-22-18-23(42-33(4,5)41-22)14-15-26-29(20-10-12-21(34)13-11-20)25-8-7-9-27-24(31(25)37-30(26)19(2)3)16-17-28(36-27)32(40)38-39-35/h10-17,19,22-23H,6-9,18H2,1-5H3/b15-14+/t22-,23+/m0/s1. The number of hydrogen-bond acceptors (Lipinski definition) is 5. The smallest absolute Gasteiger partial charge is 0.267 e. The minimum Gasteiger partial charge on any atom is -0.347 e. The number of ether oxygens (including phenoxy) is 2. The topological polar surface area (TPSA) is 110 Å². The van der Waals surface area contributed by atoms with Gasteiger partial charge in [0, 0.05) is 22.5 Å². The fraction of sp³-hybridized carbons (Fsp3) is 0.424. The van der Waals surface area contributed by atoms with Crippen LogP contribution in [0.5, 0.6) is 0 Å². The van der Waals surface area contributed by atoms with Gasteiger partial charge in [0.1, 0.15) is 11.5 Å². The number of benzene rings is 1. The van der Waals surface area contributed by atoms with Gasteiger partial charge in [-0.2, -0.15) is 0 Å². The first kappa shape index (κ1) is 29.6. The minimum atomic E-state index is -0.711. The van der Waals surface area contributed by atoms with E-state index in [-0.39, 0.29) is 29.6 Å². The number of carbonyl (C=O) groups excluding carboxylic acids is 1. The van der Waals surface area contributed by atoms with E-state index < -0.39 is 11.7 Å². The minimum absolute atomic E-state index is 0.0788. The number of halogens is 1. The van der Waals surface area contributed by atoms with Crippen LogP contribution in [0.3, 0.4) is 0 Å². The number of fused-ring (bicyclic) bond motifs is 3. The highest BCUT2D eigenvalue weighted by atomic mass is 19.1. The molecule has 3 aromatic rings. The highest BCUT2D eigenvalue weighted by Crippen LogP contribution is 2.42. The average Bonchev–Trinajstić information content (AvgIpc) is 3.13. The van der Waals surface area contributed by atoms with Gasteiger partial charge in [-0.05, 0) is 97.0 Å². The van der Waals surface area contributed by atoms with Crippen LogP contribution in [-0.4, -0.2) is 33.9 Å². The number of amides is 1. The zero-order valence-electron chi connectivity index (χ0n) is 24.7. The summed E-state index contributed by atoms with van der Waals surface area (Å²) in [6.45, 7) is 10.2. The fourth-order valence-corrected chi connectivity index (χ4v) is 5.95. The molecule has 5 rings (SSSR count). The third-order valence-corrected chi connectivity index (χ3v) is 7.78. The summed E-state index contributed by atoms with van der Waals surface area (Å²) < 4.78 is 26.4. The van der Waals surface area contributed by atoms with Crippen LogP contribution < -0.4 is 0 Å². The molecule has 9 heteroatoms. The second-order valence-electron chi connectivity index (χ2n) is 11.6. The van der Waals surface area contributed by atoms with Crippen LogP contribution in [0.4, 0.5) is 4.39 Å². The van der Waals surface area contributed by atoms with Crippen LogP contribution in [0, 0.1) is 5.82 Å². The number of rotatable bonds is 6. The van der Waals surface area contributed by atoms with Gasteiger partial charge >= 0.3 is 0 Å². The lowest BCUT2D eigenvalue weighted by molar-refractivity contribution is -0.290. The normalized spacial score (nSPS) is 19.6. The van der Waals surface area contributed by atoms with Crippen LogP contribution in [0.15, 0.2) is 47.6 Å². The predicted octanol–water partition coefficient (Wildman–Crippen LogP) is 8.35. The Kier molecular flexibility index (Phi) is 8.55. The van der Waals surface area contributed by atoms with E-state index in [1.165, 1.54) is 12.1 Å². The summed E-state index contributed by atoms with van der Waals surface area (Å²) in [6, 6.07) is 10.0. The molecule has 0 N–H and O–H groups in total. The molecule has 1 saturated heterocycles. The Labute approximate surface area is 245 Å². The van der Waals surface area contributed by atoms with Crippen molar-refractivity contribution in [2.24, 2.45) is 5.11 Å². The van der Waals surface area contributed by atoms with E-state index in [1.807, 2.05) is 32.0 Å². The number of nitrogens with zero attached hydrogens (tertiary/aromatic N) is 5. The lowest BCUT2D eigenvalue weighted by Gasteiger charge is -2.39. The van der Waals surface area contributed by atoms with Crippen molar-refractivity contribution in [2.45, 2.75) is 90.6 Å². The molecule has 1 fully saturated rings. The molecule has 1 amide bonds. The average molecular weight is 570 g/mol. The molecule has 0 bridgehead atoms. The van der Waals surface area contributed by atoms with Gasteiger partial charge < -0.3 is 9.47 Å². The number of pyridine rings is 2. The Bertz CT molecular complexity index is 1580. The molecule has 2 aromatic heterocycles. The molecular formula is C33H36FN5O3. The molecule has 0 unspecified atom stereocenters. The molecule has 218 valence electrons. The highest BCUT2D eigenvalue weighted by Gasteiger charge is 2.34. The lowest BCUT2D eigenvalue weighted by atomic mass is 9.86. The maximum atomic E-state index is 14.1. The molecule has 0 saturated carbocycles. The van der Waals surface area contributed by atoms with E-state index in [2.05, 4.69) is 47.9 Å². The van der Waals surface area contributed by atoms with Crippen molar-refractivity contribution in [3.8, 4) is 22.4 Å². The molecule has 0 radical (unpaired) electrons. The van der Waals surface area contributed by atoms with Gasteiger partial charge in [0.15, 0.2) is 5.79 Å². The van der Waals surface area contributed by atoms with Gasteiger partial charge in [-0.15, -0.1) is 0 Å².